The molecule has 6 heteroatoms. The molecule has 0 radical (unpaired) electrons. The lowest BCUT2D eigenvalue weighted by Gasteiger charge is -2.08. The first-order chi connectivity index (χ1) is 10.7. The molecule has 0 fully saturated rings. The van der Waals surface area contributed by atoms with E-state index in [1.165, 1.54) is 11.3 Å². The molecule has 5 nitrogen and oxygen atoms in total. The van der Waals surface area contributed by atoms with Crippen molar-refractivity contribution in [1.29, 1.82) is 5.26 Å². The maximum absolute atomic E-state index is 11.6. The van der Waals surface area contributed by atoms with Crippen LogP contribution in [0, 0.1) is 11.3 Å². The van der Waals surface area contributed by atoms with Gasteiger partial charge >= 0.3 is 6.03 Å². The molecule has 22 heavy (non-hydrogen) atoms. The molecular weight excluding hydrogens is 298 g/mol. The first kappa shape index (κ1) is 16.0. The number of aliphatic hydroxyl groups is 1. The van der Waals surface area contributed by atoms with Gasteiger partial charge in [-0.15, -0.1) is 11.3 Å². The highest BCUT2D eigenvalue weighted by Crippen LogP contribution is 2.28. The summed E-state index contributed by atoms with van der Waals surface area (Å²) in [5, 5.41) is 23.0. The lowest BCUT2D eigenvalue weighted by Crippen LogP contribution is -2.35. The zero-order valence-electron chi connectivity index (χ0n) is 12.0. The predicted molar refractivity (Wildman–Crippen MR) is 86.4 cm³/mol. The summed E-state index contributed by atoms with van der Waals surface area (Å²) in [4.78, 5) is 13.3. The van der Waals surface area contributed by atoms with Crippen molar-refractivity contribution in [2.45, 2.75) is 13.0 Å². The molecule has 1 aromatic heterocycles. The van der Waals surface area contributed by atoms with Crippen LogP contribution in [-0.2, 0) is 6.54 Å². The Bertz CT molecular complexity index is 676. The number of rotatable bonds is 6. The number of thiophene rings is 1. The van der Waals surface area contributed by atoms with Gasteiger partial charge in [-0.05, 0) is 35.7 Å². The smallest absolute Gasteiger partial charge is 0.315 e. The number of nitriles is 1. The minimum absolute atomic E-state index is 0.0633. The largest absolute Gasteiger partial charge is 0.396 e. The molecule has 0 aliphatic rings. The fourth-order valence-electron chi connectivity index (χ4n) is 1.91. The van der Waals surface area contributed by atoms with Gasteiger partial charge in [0.2, 0.25) is 0 Å². The molecule has 0 spiro atoms. The maximum atomic E-state index is 11.6. The minimum atomic E-state index is -0.248. The highest BCUT2D eigenvalue weighted by Gasteiger charge is 2.04. The van der Waals surface area contributed by atoms with Crippen LogP contribution in [0.5, 0.6) is 0 Å². The van der Waals surface area contributed by atoms with Gasteiger partial charge in [0, 0.05) is 24.6 Å². The average Bonchev–Trinajstić information content (AvgIpc) is 3.03. The molecule has 114 valence electrons. The van der Waals surface area contributed by atoms with Crippen molar-refractivity contribution < 1.29 is 9.90 Å². The van der Waals surface area contributed by atoms with Crippen LogP contribution >= 0.6 is 11.3 Å². The number of nitrogens with zero attached hydrogens (tertiary/aromatic N) is 1. The molecule has 0 atom stereocenters. The quantitative estimate of drug-likeness (QED) is 0.716. The van der Waals surface area contributed by atoms with Gasteiger partial charge in [0.25, 0.3) is 0 Å². The molecule has 1 heterocycles. The number of benzene rings is 1. The van der Waals surface area contributed by atoms with Gasteiger partial charge in [-0.3, -0.25) is 0 Å². The number of carbonyl (C=O) groups excluding carboxylic acids is 1. The first-order valence-electron chi connectivity index (χ1n) is 6.94. The van der Waals surface area contributed by atoms with E-state index >= 15 is 0 Å². The minimum Gasteiger partial charge on any atom is -0.396 e. The molecule has 2 amide bonds. The number of hydrogen-bond donors (Lipinski definition) is 3. The van der Waals surface area contributed by atoms with E-state index in [-0.39, 0.29) is 12.6 Å². The van der Waals surface area contributed by atoms with E-state index in [0.29, 0.717) is 24.4 Å². The zero-order valence-corrected chi connectivity index (χ0v) is 12.8. The first-order valence-corrected chi connectivity index (χ1v) is 7.76. The van der Waals surface area contributed by atoms with Crippen LogP contribution in [0.3, 0.4) is 0 Å². The highest BCUT2D eigenvalue weighted by molar-refractivity contribution is 7.16. The molecular formula is C16H17N3O2S. The SMILES string of the molecule is N#Cc1ccc(-c2cccc(CNC(=O)NCCCO)c2)s1. The number of aliphatic hydroxyl groups excluding tert-OH is 1. The maximum Gasteiger partial charge on any atom is 0.315 e. The van der Waals surface area contributed by atoms with E-state index in [9.17, 15) is 4.79 Å². The monoisotopic (exact) mass is 315 g/mol. The van der Waals surface area contributed by atoms with E-state index < -0.39 is 0 Å². The lowest BCUT2D eigenvalue weighted by molar-refractivity contribution is 0.237. The van der Waals surface area contributed by atoms with Gasteiger partial charge in [0.05, 0.1) is 0 Å². The Balaban J connectivity index is 1.94. The molecule has 1 aromatic carbocycles. The summed E-state index contributed by atoms with van der Waals surface area (Å²) < 4.78 is 0. The lowest BCUT2D eigenvalue weighted by atomic mass is 10.1. The molecule has 2 rings (SSSR count). The predicted octanol–water partition coefficient (Wildman–Crippen LogP) is 2.47. The zero-order chi connectivity index (χ0) is 15.8. The summed E-state index contributed by atoms with van der Waals surface area (Å²) in [7, 11) is 0. The van der Waals surface area contributed by atoms with E-state index in [4.69, 9.17) is 10.4 Å². The second-order valence-electron chi connectivity index (χ2n) is 4.66. The molecule has 0 aliphatic carbocycles. The third-order valence-electron chi connectivity index (χ3n) is 3.00. The molecule has 0 saturated carbocycles. The van der Waals surface area contributed by atoms with E-state index in [1.807, 2.05) is 30.3 Å². The summed E-state index contributed by atoms with van der Waals surface area (Å²) in [6, 6.07) is 13.5. The van der Waals surface area contributed by atoms with E-state index in [1.54, 1.807) is 6.07 Å². The van der Waals surface area contributed by atoms with Gasteiger partial charge in [0.1, 0.15) is 10.9 Å². The number of urea groups is 1. The summed E-state index contributed by atoms with van der Waals surface area (Å²) in [5.74, 6) is 0. The molecule has 2 aromatic rings. The van der Waals surface area contributed by atoms with E-state index in [2.05, 4.69) is 16.7 Å². The van der Waals surface area contributed by atoms with Crippen molar-refractivity contribution in [2.24, 2.45) is 0 Å². The fourth-order valence-corrected chi connectivity index (χ4v) is 2.71. The Kier molecular flexibility index (Phi) is 5.95. The Hall–Kier alpha value is -2.36. The number of nitrogens with one attached hydrogen (secondary N) is 2. The normalized spacial score (nSPS) is 10.0. The molecule has 3 N–H and O–H groups in total. The van der Waals surface area contributed by atoms with Crippen molar-refractivity contribution >= 4 is 17.4 Å². The van der Waals surface area contributed by atoms with Crippen LogP contribution in [0.2, 0.25) is 0 Å². The Labute approximate surface area is 133 Å². The van der Waals surface area contributed by atoms with Crippen LogP contribution in [0.15, 0.2) is 36.4 Å². The van der Waals surface area contributed by atoms with Crippen molar-refractivity contribution in [3.63, 3.8) is 0 Å². The average molecular weight is 315 g/mol. The van der Waals surface area contributed by atoms with Crippen molar-refractivity contribution in [1.82, 2.24) is 10.6 Å². The van der Waals surface area contributed by atoms with Gasteiger partial charge in [0.15, 0.2) is 0 Å². The Morgan fingerprint density at radius 2 is 2.14 bits per heavy atom. The number of hydrogen-bond acceptors (Lipinski definition) is 4. The summed E-state index contributed by atoms with van der Waals surface area (Å²) in [5.41, 5.74) is 2.02. The van der Waals surface area contributed by atoms with Crippen molar-refractivity contribution in [3.05, 3.63) is 46.8 Å². The molecule has 0 saturated heterocycles. The van der Waals surface area contributed by atoms with Crippen molar-refractivity contribution in [2.75, 3.05) is 13.2 Å². The van der Waals surface area contributed by atoms with Gasteiger partial charge in [-0.2, -0.15) is 5.26 Å². The molecule has 0 aliphatic heterocycles. The van der Waals surface area contributed by atoms with Crippen LogP contribution in [0.4, 0.5) is 4.79 Å². The number of amides is 2. The van der Waals surface area contributed by atoms with Gasteiger partial charge in [-0.1, -0.05) is 18.2 Å². The summed E-state index contributed by atoms with van der Waals surface area (Å²) in [6.07, 6.45) is 0.544. The highest BCUT2D eigenvalue weighted by atomic mass is 32.1. The van der Waals surface area contributed by atoms with Crippen LogP contribution in [0.25, 0.3) is 10.4 Å². The van der Waals surface area contributed by atoms with Crippen LogP contribution in [0.1, 0.15) is 16.9 Å². The topological polar surface area (TPSA) is 85.2 Å². The fraction of sp³-hybridized carbons (Fsp3) is 0.250. The van der Waals surface area contributed by atoms with Crippen LogP contribution < -0.4 is 10.6 Å². The Morgan fingerprint density at radius 3 is 2.86 bits per heavy atom. The molecule has 0 unspecified atom stereocenters. The second-order valence-corrected chi connectivity index (χ2v) is 5.75. The second kappa shape index (κ2) is 8.17. The number of carbonyl (C=O) groups is 1. The van der Waals surface area contributed by atoms with E-state index in [0.717, 1.165) is 16.0 Å². The van der Waals surface area contributed by atoms with Crippen molar-refractivity contribution in [3.8, 4) is 16.5 Å². The Morgan fingerprint density at radius 1 is 1.27 bits per heavy atom. The van der Waals surface area contributed by atoms with Gasteiger partial charge < -0.3 is 15.7 Å². The third kappa shape index (κ3) is 4.58. The van der Waals surface area contributed by atoms with Gasteiger partial charge in [-0.25, -0.2) is 4.79 Å². The summed E-state index contributed by atoms with van der Waals surface area (Å²) in [6.45, 7) is 0.942. The van der Waals surface area contributed by atoms with Crippen LogP contribution in [-0.4, -0.2) is 24.3 Å². The molecule has 0 bridgehead atoms. The standard InChI is InChI=1S/C16H17N3O2S/c17-10-14-5-6-15(22-14)13-4-1-3-12(9-13)11-19-16(21)18-7-2-8-20/h1,3-6,9,20H,2,7-8,11H2,(H2,18,19,21). The summed E-state index contributed by atoms with van der Waals surface area (Å²) >= 11 is 1.45. The third-order valence-corrected chi connectivity index (χ3v) is 4.04.